The van der Waals surface area contributed by atoms with E-state index in [4.69, 9.17) is 15.7 Å². The maximum absolute atomic E-state index is 13.6. The maximum atomic E-state index is 13.6. The lowest BCUT2D eigenvalue weighted by Crippen LogP contribution is -2.70. The van der Waals surface area contributed by atoms with Gasteiger partial charge in [0.25, 0.3) is 5.91 Å². The van der Waals surface area contributed by atoms with Gasteiger partial charge in [0.15, 0.2) is 11.7 Å². The molecule has 4 N–H and O–H groups in total. The fraction of sp³-hybridized carbons (Fsp3) is 0.214. The summed E-state index contributed by atoms with van der Waals surface area (Å²) in [5.41, 5.74) is 1.89. The topological polar surface area (TPSA) is 139 Å². The maximum Gasteiger partial charge on any atom is 0.335 e. The van der Waals surface area contributed by atoms with Crippen molar-refractivity contribution < 1.29 is 29.0 Å². The predicted molar refractivity (Wildman–Crippen MR) is 134 cm³/mol. The minimum atomic E-state index is -1.22. The zero-order valence-electron chi connectivity index (χ0n) is 19.9. The third-order valence-electron chi connectivity index (χ3n) is 6.19. The molecule has 4 rings (SSSR count). The van der Waals surface area contributed by atoms with Crippen molar-refractivity contribution in [2.75, 3.05) is 0 Å². The summed E-state index contributed by atoms with van der Waals surface area (Å²) in [4.78, 5) is 50.1. The van der Waals surface area contributed by atoms with Gasteiger partial charge in [0.1, 0.15) is 5.75 Å². The summed E-state index contributed by atoms with van der Waals surface area (Å²) >= 11 is 0. The van der Waals surface area contributed by atoms with Crippen molar-refractivity contribution >= 4 is 23.6 Å². The first-order valence-corrected chi connectivity index (χ1v) is 11.8. The Hall–Kier alpha value is -4.50. The Morgan fingerprint density at radius 3 is 2.11 bits per heavy atom. The number of nitrogens with zero attached hydrogens (tertiary/aromatic N) is 1. The highest BCUT2D eigenvalue weighted by Gasteiger charge is 2.54. The summed E-state index contributed by atoms with van der Waals surface area (Å²) in [6, 6.07) is 23.3. The first-order valence-electron chi connectivity index (χ1n) is 11.8. The Kier molecular flexibility index (Phi) is 7.95. The molecule has 190 valence electrons. The van der Waals surface area contributed by atoms with Gasteiger partial charge >= 0.3 is 5.97 Å². The van der Waals surface area contributed by atoms with Crippen molar-refractivity contribution in [3.05, 3.63) is 102 Å². The number of carbonyl (C=O) groups excluding carboxylic acids is 3. The van der Waals surface area contributed by atoms with Gasteiger partial charge in [-0.05, 0) is 48.2 Å². The summed E-state index contributed by atoms with van der Waals surface area (Å²) in [5.74, 6) is 2.33. The molecule has 0 saturated carbocycles. The number of amides is 2. The van der Waals surface area contributed by atoms with E-state index in [1.54, 1.807) is 0 Å². The average Bonchev–Trinajstić information content (AvgIpc) is 2.92. The summed E-state index contributed by atoms with van der Waals surface area (Å²) in [6.07, 6.45) is -0.198. The molecular weight excluding hydrogens is 474 g/mol. The van der Waals surface area contributed by atoms with Gasteiger partial charge in [0.2, 0.25) is 12.1 Å². The number of β-lactam (4-membered cyclic amide) rings is 1. The van der Waals surface area contributed by atoms with Crippen LogP contribution in [-0.2, 0) is 27.2 Å². The molecule has 0 spiro atoms. The fourth-order valence-electron chi connectivity index (χ4n) is 4.15. The molecule has 0 radical (unpaired) electrons. The van der Waals surface area contributed by atoms with Gasteiger partial charge < -0.3 is 15.2 Å². The number of Topliss-reactive ketones (excluding diaryl/α,β-unsaturated/α-hetero) is 1. The van der Waals surface area contributed by atoms with Gasteiger partial charge in [-0.1, -0.05) is 60.7 Å². The lowest BCUT2D eigenvalue weighted by atomic mass is 9.86. The number of nitrogens with one attached hydrogen (secondary N) is 1. The van der Waals surface area contributed by atoms with E-state index in [-0.39, 0.29) is 30.1 Å². The molecule has 9 nitrogen and oxygen atoms in total. The first kappa shape index (κ1) is 25.6. The highest BCUT2D eigenvalue weighted by atomic mass is 16.5. The molecule has 1 saturated heterocycles. The molecule has 37 heavy (non-hydrogen) atoms. The van der Waals surface area contributed by atoms with Gasteiger partial charge in [-0.3, -0.25) is 14.4 Å². The van der Waals surface area contributed by atoms with Crippen LogP contribution >= 0.6 is 0 Å². The van der Waals surface area contributed by atoms with Gasteiger partial charge in [0, 0.05) is 6.42 Å². The monoisotopic (exact) mass is 501 g/mol. The van der Waals surface area contributed by atoms with Crippen LogP contribution in [0.4, 0.5) is 0 Å². The van der Waals surface area contributed by atoms with Crippen LogP contribution < -0.4 is 15.9 Å². The molecule has 2 amide bonds. The number of rotatable bonds is 11. The summed E-state index contributed by atoms with van der Waals surface area (Å²) in [6.45, 7) is 0. The second kappa shape index (κ2) is 11.5. The number of carbonyl (C=O) groups is 4. The number of hydrogen-bond donors (Lipinski definition) is 3. The summed E-state index contributed by atoms with van der Waals surface area (Å²) in [7, 11) is 0. The van der Waals surface area contributed by atoms with E-state index < -0.39 is 35.8 Å². The molecule has 1 fully saturated rings. The predicted octanol–water partition coefficient (Wildman–Crippen LogP) is 2.35. The second-order valence-corrected chi connectivity index (χ2v) is 8.76. The molecule has 3 atom stereocenters. The molecule has 1 unspecified atom stereocenters. The number of ether oxygens (including phenoxy) is 1. The van der Waals surface area contributed by atoms with Crippen LogP contribution in [-0.4, -0.2) is 46.0 Å². The normalized spacial score (nSPS) is 17.4. The standard InChI is InChI=1S/C28H27N3O6/c29-31-26(34)24(27(31)37-21-14-12-20(13-15-21)28(35)36)25(33)22(17-19-9-5-2-6-10-19)30-23(32)16-11-18-7-3-1-4-8-18/h1-10,12-15,22,24,27H,11,16-17,29H2,(H,30,32)(H,35,36)/t22-,24?,27-/m0/s1. The molecule has 9 heteroatoms. The van der Waals surface area contributed by atoms with Crippen molar-refractivity contribution in [1.29, 1.82) is 0 Å². The first-order chi connectivity index (χ1) is 17.8. The van der Waals surface area contributed by atoms with Crippen LogP contribution in [0.1, 0.15) is 27.9 Å². The van der Waals surface area contributed by atoms with Crippen molar-refractivity contribution in [2.24, 2.45) is 11.8 Å². The average molecular weight is 502 g/mol. The molecular formula is C28H27N3O6. The lowest BCUT2D eigenvalue weighted by molar-refractivity contribution is -0.181. The molecule has 0 aromatic heterocycles. The quantitative estimate of drug-likeness (QED) is 0.159. The second-order valence-electron chi connectivity index (χ2n) is 8.76. The Morgan fingerprint density at radius 2 is 1.51 bits per heavy atom. The van der Waals surface area contributed by atoms with Crippen molar-refractivity contribution in [2.45, 2.75) is 31.5 Å². The van der Waals surface area contributed by atoms with E-state index in [1.165, 1.54) is 24.3 Å². The highest BCUT2D eigenvalue weighted by Crippen LogP contribution is 2.29. The Bertz CT molecular complexity index is 1260. The minimum absolute atomic E-state index is 0.0652. The molecule has 0 aliphatic carbocycles. The number of benzene rings is 3. The summed E-state index contributed by atoms with van der Waals surface area (Å²) < 4.78 is 5.77. The number of hydrazine groups is 1. The Balaban J connectivity index is 1.48. The third kappa shape index (κ3) is 6.20. The van der Waals surface area contributed by atoms with Crippen LogP contribution in [0, 0.1) is 5.92 Å². The highest BCUT2D eigenvalue weighted by molar-refractivity contribution is 6.09. The molecule has 1 aliphatic heterocycles. The third-order valence-corrected chi connectivity index (χ3v) is 6.19. The largest absolute Gasteiger partial charge is 0.478 e. The van der Waals surface area contributed by atoms with Crippen LogP contribution in [0.2, 0.25) is 0 Å². The minimum Gasteiger partial charge on any atom is -0.478 e. The van der Waals surface area contributed by atoms with Gasteiger partial charge in [-0.25, -0.2) is 15.6 Å². The van der Waals surface area contributed by atoms with Gasteiger partial charge in [-0.15, -0.1) is 0 Å². The van der Waals surface area contributed by atoms with E-state index >= 15 is 0 Å². The number of aromatic carboxylic acids is 1. The van der Waals surface area contributed by atoms with Crippen molar-refractivity contribution in [3.8, 4) is 5.75 Å². The van der Waals surface area contributed by atoms with Crippen LogP contribution in [0.15, 0.2) is 84.9 Å². The van der Waals surface area contributed by atoms with Crippen molar-refractivity contribution in [1.82, 2.24) is 10.3 Å². The zero-order chi connectivity index (χ0) is 26.4. The number of ketones is 1. The van der Waals surface area contributed by atoms with E-state index in [2.05, 4.69) is 5.32 Å². The molecule has 3 aromatic carbocycles. The molecule has 0 bridgehead atoms. The summed E-state index contributed by atoms with van der Waals surface area (Å²) in [5, 5.41) is 12.7. The number of hydrogen-bond acceptors (Lipinski definition) is 6. The van der Waals surface area contributed by atoms with Crippen molar-refractivity contribution in [3.63, 3.8) is 0 Å². The molecule has 1 aliphatic rings. The van der Waals surface area contributed by atoms with Crippen LogP contribution in [0.5, 0.6) is 5.75 Å². The van der Waals surface area contributed by atoms with Gasteiger partial charge in [-0.2, -0.15) is 0 Å². The van der Waals surface area contributed by atoms with E-state index in [1.807, 2.05) is 60.7 Å². The van der Waals surface area contributed by atoms with Crippen LogP contribution in [0.3, 0.4) is 0 Å². The Labute approximate surface area is 213 Å². The molecule has 1 heterocycles. The number of carboxylic acid groups (broad SMARTS) is 1. The van der Waals surface area contributed by atoms with E-state index in [0.717, 1.165) is 16.1 Å². The Morgan fingerprint density at radius 1 is 0.919 bits per heavy atom. The molecule has 3 aromatic rings. The SMILES string of the molecule is NN1C(=O)C(C(=O)[C@H](Cc2ccccc2)NC(=O)CCc2ccccc2)[C@@H]1Oc1ccc(C(=O)O)cc1. The fourth-order valence-corrected chi connectivity index (χ4v) is 4.15. The lowest BCUT2D eigenvalue weighted by Gasteiger charge is -2.43. The van der Waals surface area contributed by atoms with Gasteiger partial charge in [0.05, 0.1) is 11.6 Å². The number of nitrogens with two attached hydrogens (primary N) is 1. The van der Waals surface area contributed by atoms with Crippen LogP contribution in [0.25, 0.3) is 0 Å². The number of carboxylic acids is 1. The smallest absolute Gasteiger partial charge is 0.335 e. The zero-order valence-corrected chi connectivity index (χ0v) is 19.9. The number of aryl methyl sites for hydroxylation is 1. The van der Waals surface area contributed by atoms with E-state index in [0.29, 0.717) is 6.42 Å². The van der Waals surface area contributed by atoms with E-state index in [9.17, 15) is 19.2 Å².